The predicted octanol–water partition coefficient (Wildman–Crippen LogP) is 5.31. The minimum atomic E-state index is -0.612. The van der Waals surface area contributed by atoms with Gasteiger partial charge in [0.25, 0.3) is 0 Å². The van der Waals surface area contributed by atoms with E-state index in [4.69, 9.17) is 23.2 Å². The highest BCUT2D eigenvalue weighted by Gasteiger charge is 2.20. The first-order valence-corrected chi connectivity index (χ1v) is 7.81. The molecule has 2 aromatic carbocycles. The number of rotatable bonds is 6. The van der Waals surface area contributed by atoms with Crippen molar-refractivity contribution in [1.82, 2.24) is 0 Å². The molecular weight excluding hydrogens is 305 g/mol. The summed E-state index contributed by atoms with van der Waals surface area (Å²) in [5, 5.41) is 15.3. The predicted molar refractivity (Wildman–Crippen MR) is 90.2 cm³/mol. The Labute approximate surface area is 135 Å². The number of nitrogens with one attached hydrogen (secondary N) is 1. The summed E-state index contributed by atoms with van der Waals surface area (Å²) in [5.74, 6) is 0. The molecule has 2 unspecified atom stereocenters. The first kappa shape index (κ1) is 16.2. The number of anilines is 1. The zero-order valence-corrected chi connectivity index (χ0v) is 13.4. The fourth-order valence-electron chi connectivity index (χ4n) is 2.30. The maximum atomic E-state index is 10.6. The van der Waals surface area contributed by atoms with Crippen molar-refractivity contribution in [2.24, 2.45) is 0 Å². The summed E-state index contributed by atoms with van der Waals surface area (Å²) in [7, 11) is 0. The summed E-state index contributed by atoms with van der Waals surface area (Å²) in [5.41, 5.74) is 1.77. The lowest BCUT2D eigenvalue weighted by Gasteiger charge is -2.25. The third-order valence-corrected chi connectivity index (χ3v) is 3.85. The minimum Gasteiger partial charge on any atom is -0.386 e. The van der Waals surface area contributed by atoms with Gasteiger partial charge in [-0.3, -0.25) is 0 Å². The third-order valence-electron chi connectivity index (χ3n) is 3.37. The van der Waals surface area contributed by atoms with E-state index >= 15 is 0 Å². The third kappa shape index (κ3) is 4.63. The van der Waals surface area contributed by atoms with Crippen LogP contribution in [0.1, 0.15) is 31.4 Å². The Hall–Kier alpha value is -1.22. The van der Waals surface area contributed by atoms with Crippen LogP contribution in [-0.2, 0) is 0 Å². The molecule has 0 heterocycles. The fraction of sp³-hybridized carbons (Fsp3) is 0.294. The van der Waals surface area contributed by atoms with Gasteiger partial charge in [0, 0.05) is 15.7 Å². The molecule has 2 N–H and O–H groups in total. The molecule has 0 radical (unpaired) electrons. The number of benzene rings is 2. The number of aliphatic hydroxyl groups is 1. The second-order valence-corrected chi connectivity index (χ2v) is 5.92. The molecule has 112 valence electrons. The molecule has 2 rings (SSSR count). The van der Waals surface area contributed by atoms with E-state index in [0.29, 0.717) is 10.0 Å². The largest absolute Gasteiger partial charge is 0.386 e. The number of halogens is 2. The number of hydrogen-bond acceptors (Lipinski definition) is 2. The standard InChI is InChI=1S/C17H19Cl2NO/c1-2-4-16(20-15-9-7-13(18)8-10-15)17(21)12-5-3-6-14(19)11-12/h3,5-11,16-17,20-21H,2,4H2,1H3. The van der Waals surface area contributed by atoms with Gasteiger partial charge in [0.2, 0.25) is 0 Å². The highest BCUT2D eigenvalue weighted by molar-refractivity contribution is 6.30. The lowest BCUT2D eigenvalue weighted by Crippen LogP contribution is -2.27. The van der Waals surface area contributed by atoms with Gasteiger partial charge in [-0.25, -0.2) is 0 Å². The topological polar surface area (TPSA) is 32.3 Å². The normalized spacial score (nSPS) is 13.7. The summed E-state index contributed by atoms with van der Waals surface area (Å²) in [6.07, 6.45) is 1.22. The van der Waals surface area contributed by atoms with E-state index in [-0.39, 0.29) is 6.04 Å². The molecule has 2 nitrogen and oxygen atoms in total. The minimum absolute atomic E-state index is 0.0744. The summed E-state index contributed by atoms with van der Waals surface area (Å²) in [4.78, 5) is 0. The Morgan fingerprint density at radius 2 is 1.76 bits per heavy atom. The number of aliphatic hydroxyl groups excluding tert-OH is 1. The molecule has 0 spiro atoms. The van der Waals surface area contributed by atoms with E-state index in [1.807, 2.05) is 36.4 Å². The molecule has 0 aromatic heterocycles. The summed E-state index contributed by atoms with van der Waals surface area (Å²) in [6.45, 7) is 2.10. The van der Waals surface area contributed by atoms with E-state index in [0.717, 1.165) is 24.1 Å². The van der Waals surface area contributed by atoms with Crippen LogP contribution < -0.4 is 5.32 Å². The van der Waals surface area contributed by atoms with E-state index in [1.165, 1.54) is 0 Å². The fourth-order valence-corrected chi connectivity index (χ4v) is 2.63. The van der Waals surface area contributed by atoms with Crippen molar-refractivity contribution in [3.63, 3.8) is 0 Å². The van der Waals surface area contributed by atoms with Crippen LogP contribution in [0.4, 0.5) is 5.69 Å². The first-order chi connectivity index (χ1) is 10.1. The first-order valence-electron chi connectivity index (χ1n) is 7.05. The average Bonchev–Trinajstić information content (AvgIpc) is 2.48. The van der Waals surface area contributed by atoms with Crippen LogP contribution >= 0.6 is 23.2 Å². The molecule has 0 aliphatic carbocycles. The van der Waals surface area contributed by atoms with Crippen molar-refractivity contribution in [3.8, 4) is 0 Å². The molecule has 2 aromatic rings. The van der Waals surface area contributed by atoms with Crippen LogP contribution in [0.25, 0.3) is 0 Å². The van der Waals surface area contributed by atoms with Gasteiger partial charge < -0.3 is 10.4 Å². The van der Waals surface area contributed by atoms with E-state index in [1.54, 1.807) is 12.1 Å². The summed E-state index contributed by atoms with van der Waals surface area (Å²) in [6, 6.07) is 14.8. The van der Waals surface area contributed by atoms with E-state index in [9.17, 15) is 5.11 Å². The highest BCUT2D eigenvalue weighted by atomic mass is 35.5. The molecule has 0 fully saturated rings. The lowest BCUT2D eigenvalue weighted by molar-refractivity contribution is 0.150. The van der Waals surface area contributed by atoms with Crippen LogP contribution in [0.2, 0.25) is 10.0 Å². The Morgan fingerprint density at radius 1 is 1.05 bits per heavy atom. The van der Waals surface area contributed by atoms with Crippen molar-refractivity contribution in [2.75, 3.05) is 5.32 Å². The van der Waals surface area contributed by atoms with E-state index in [2.05, 4.69) is 12.2 Å². The summed E-state index contributed by atoms with van der Waals surface area (Å²) >= 11 is 11.9. The van der Waals surface area contributed by atoms with Gasteiger partial charge in [-0.15, -0.1) is 0 Å². The quantitative estimate of drug-likeness (QED) is 0.755. The monoisotopic (exact) mass is 323 g/mol. The molecule has 0 bridgehead atoms. The molecule has 0 amide bonds. The molecule has 0 aliphatic rings. The second-order valence-electron chi connectivity index (χ2n) is 5.05. The van der Waals surface area contributed by atoms with Crippen LogP contribution in [0, 0.1) is 0 Å². The van der Waals surface area contributed by atoms with Crippen molar-refractivity contribution in [2.45, 2.75) is 31.9 Å². The molecule has 0 saturated carbocycles. The Balaban J connectivity index is 2.15. The Morgan fingerprint density at radius 3 is 2.38 bits per heavy atom. The van der Waals surface area contributed by atoms with Crippen molar-refractivity contribution >= 4 is 28.9 Å². The van der Waals surface area contributed by atoms with Crippen molar-refractivity contribution < 1.29 is 5.11 Å². The van der Waals surface area contributed by atoms with Crippen LogP contribution in [0.5, 0.6) is 0 Å². The van der Waals surface area contributed by atoms with Gasteiger partial charge >= 0.3 is 0 Å². The lowest BCUT2D eigenvalue weighted by atomic mass is 9.98. The van der Waals surface area contributed by atoms with Gasteiger partial charge in [0.15, 0.2) is 0 Å². The summed E-state index contributed by atoms with van der Waals surface area (Å²) < 4.78 is 0. The number of hydrogen-bond donors (Lipinski definition) is 2. The van der Waals surface area contributed by atoms with Gasteiger partial charge in [-0.05, 0) is 48.4 Å². The molecule has 2 atom stereocenters. The zero-order chi connectivity index (χ0) is 15.2. The van der Waals surface area contributed by atoms with Gasteiger partial charge in [-0.1, -0.05) is 48.7 Å². The SMILES string of the molecule is CCCC(Nc1ccc(Cl)cc1)C(O)c1cccc(Cl)c1. The van der Waals surface area contributed by atoms with Crippen LogP contribution in [-0.4, -0.2) is 11.1 Å². The Kier molecular flexibility index (Phi) is 5.92. The van der Waals surface area contributed by atoms with Crippen molar-refractivity contribution in [1.29, 1.82) is 0 Å². The highest BCUT2D eigenvalue weighted by Crippen LogP contribution is 2.26. The molecule has 0 aliphatic heterocycles. The molecule has 4 heteroatoms. The Bertz CT molecular complexity index is 571. The smallest absolute Gasteiger partial charge is 0.0991 e. The molecule has 21 heavy (non-hydrogen) atoms. The average molecular weight is 324 g/mol. The zero-order valence-electron chi connectivity index (χ0n) is 11.9. The van der Waals surface area contributed by atoms with Gasteiger partial charge in [0.1, 0.15) is 0 Å². The van der Waals surface area contributed by atoms with Gasteiger partial charge in [-0.2, -0.15) is 0 Å². The maximum absolute atomic E-state index is 10.6. The van der Waals surface area contributed by atoms with Crippen LogP contribution in [0.3, 0.4) is 0 Å². The van der Waals surface area contributed by atoms with E-state index < -0.39 is 6.10 Å². The van der Waals surface area contributed by atoms with Gasteiger partial charge in [0.05, 0.1) is 12.1 Å². The second kappa shape index (κ2) is 7.69. The molecular formula is C17H19Cl2NO. The van der Waals surface area contributed by atoms with Crippen LogP contribution in [0.15, 0.2) is 48.5 Å². The van der Waals surface area contributed by atoms with Crippen molar-refractivity contribution in [3.05, 3.63) is 64.1 Å². The maximum Gasteiger partial charge on any atom is 0.0991 e. The molecule has 0 saturated heterocycles.